The number of ether oxygens (including phenoxy) is 2. The zero-order valence-electron chi connectivity index (χ0n) is 11.6. The molecule has 4 nitrogen and oxygen atoms in total. The Balaban J connectivity index is 1.61. The van der Waals surface area contributed by atoms with Crippen molar-refractivity contribution in [2.45, 2.75) is 44.0 Å². The van der Waals surface area contributed by atoms with Crippen LogP contribution < -0.4 is 4.74 Å². The van der Waals surface area contributed by atoms with Crippen molar-refractivity contribution in [1.29, 1.82) is 0 Å². The maximum atomic E-state index is 8.99. The molecule has 1 spiro atoms. The Labute approximate surface area is 123 Å². The predicted octanol–water partition coefficient (Wildman–Crippen LogP) is 2.40. The lowest BCUT2D eigenvalue weighted by Gasteiger charge is -2.43. The molecule has 2 aliphatic heterocycles. The minimum absolute atomic E-state index is 0.0294. The van der Waals surface area contributed by atoms with E-state index in [1.165, 1.54) is 11.5 Å². The van der Waals surface area contributed by atoms with Crippen LogP contribution in [0.25, 0.3) is 0 Å². The van der Waals surface area contributed by atoms with Crippen LogP contribution in [0.1, 0.15) is 31.4 Å². The number of hydrogen-bond acceptors (Lipinski definition) is 5. The molecule has 3 heterocycles. The number of aliphatic hydroxyl groups is 1. The van der Waals surface area contributed by atoms with Gasteiger partial charge in [-0.25, -0.2) is 0 Å². The molecule has 0 aromatic carbocycles. The van der Waals surface area contributed by atoms with E-state index in [1.807, 2.05) is 23.9 Å². The van der Waals surface area contributed by atoms with Crippen molar-refractivity contribution in [1.82, 2.24) is 4.98 Å². The molecule has 0 amide bonds. The number of hydrogen-bond donors (Lipinski definition) is 1. The summed E-state index contributed by atoms with van der Waals surface area (Å²) in [7, 11) is 0. The number of aromatic nitrogens is 1. The first-order valence-corrected chi connectivity index (χ1v) is 8.39. The van der Waals surface area contributed by atoms with Crippen LogP contribution >= 0.6 is 11.8 Å². The molecule has 2 saturated heterocycles. The SMILES string of the molecule is OCc1ccc(OC2CCOC3(CCSCC3)C2)cn1. The van der Waals surface area contributed by atoms with Gasteiger partial charge in [-0.3, -0.25) is 4.98 Å². The van der Waals surface area contributed by atoms with Crippen LogP contribution in [0.3, 0.4) is 0 Å². The summed E-state index contributed by atoms with van der Waals surface area (Å²) in [6.07, 6.45) is 6.11. The number of rotatable bonds is 3. The molecule has 2 aliphatic rings. The van der Waals surface area contributed by atoms with Crippen molar-refractivity contribution >= 4 is 11.8 Å². The third kappa shape index (κ3) is 3.27. The average Bonchev–Trinajstić information content (AvgIpc) is 2.49. The zero-order chi connectivity index (χ0) is 13.8. The van der Waals surface area contributed by atoms with E-state index in [1.54, 1.807) is 6.20 Å². The summed E-state index contributed by atoms with van der Waals surface area (Å²) in [6, 6.07) is 3.69. The van der Waals surface area contributed by atoms with E-state index in [2.05, 4.69) is 4.98 Å². The van der Waals surface area contributed by atoms with Gasteiger partial charge in [-0.15, -0.1) is 0 Å². The topological polar surface area (TPSA) is 51.6 Å². The molecule has 1 aromatic rings. The van der Waals surface area contributed by atoms with Crippen LogP contribution in [0.15, 0.2) is 18.3 Å². The predicted molar refractivity (Wildman–Crippen MR) is 79.1 cm³/mol. The molecule has 2 fully saturated rings. The maximum absolute atomic E-state index is 8.99. The van der Waals surface area contributed by atoms with Crippen LogP contribution in [0.2, 0.25) is 0 Å². The van der Waals surface area contributed by atoms with E-state index in [4.69, 9.17) is 14.6 Å². The Kier molecular flexibility index (Phi) is 4.48. The van der Waals surface area contributed by atoms with Gasteiger partial charge in [0.05, 0.1) is 30.7 Å². The maximum Gasteiger partial charge on any atom is 0.138 e. The Hall–Kier alpha value is -0.780. The molecule has 0 radical (unpaired) electrons. The highest BCUT2D eigenvalue weighted by Crippen LogP contribution is 2.38. The van der Waals surface area contributed by atoms with E-state index >= 15 is 0 Å². The monoisotopic (exact) mass is 295 g/mol. The van der Waals surface area contributed by atoms with Crippen LogP contribution in [0.4, 0.5) is 0 Å². The van der Waals surface area contributed by atoms with Crippen molar-refractivity contribution < 1.29 is 14.6 Å². The van der Waals surface area contributed by atoms with Gasteiger partial charge in [0.2, 0.25) is 0 Å². The number of nitrogens with zero attached hydrogens (tertiary/aromatic N) is 1. The molecular formula is C15H21NO3S. The van der Waals surface area contributed by atoms with E-state index in [-0.39, 0.29) is 18.3 Å². The van der Waals surface area contributed by atoms with Gasteiger partial charge in [-0.05, 0) is 36.5 Å². The third-order valence-corrected chi connectivity index (χ3v) is 5.10. The second-order valence-electron chi connectivity index (χ2n) is 5.52. The first-order chi connectivity index (χ1) is 9.80. The second kappa shape index (κ2) is 6.33. The normalized spacial score (nSPS) is 25.6. The van der Waals surface area contributed by atoms with Crippen LogP contribution in [0.5, 0.6) is 5.75 Å². The molecule has 20 heavy (non-hydrogen) atoms. The fourth-order valence-corrected chi connectivity index (χ4v) is 4.18. The van der Waals surface area contributed by atoms with Gasteiger partial charge in [0.15, 0.2) is 0 Å². The first-order valence-electron chi connectivity index (χ1n) is 7.24. The summed E-state index contributed by atoms with van der Waals surface area (Å²) in [5, 5.41) is 8.99. The minimum Gasteiger partial charge on any atom is -0.489 e. The number of thioether (sulfide) groups is 1. The van der Waals surface area contributed by atoms with Gasteiger partial charge in [-0.2, -0.15) is 11.8 Å². The van der Waals surface area contributed by atoms with Gasteiger partial charge >= 0.3 is 0 Å². The molecule has 1 N–H and O–H groups in total. The summed E-state index contributed by atoms with van der Waals surface area (Å²) < 4.78 is 12.1. The zero-order valence-corrected chi connectivity index (χ0v) is 12.4. The summed E-state index contributed by atoms with van der Waals surface area (Å²) in [5.74, 6) is 3.17. The van der Waals surface area contributed by atoms with E-state index in [0.717, 1.165) is 38.0 Å². The van der Waals surface area contributed by atoms with Crippen molar-refractivity contribution in [2.75, 3.05) is 18.1 Å². The molecule has 1 unspecified atom stereocenters. The molecule has 5 heteroatoms. The number of aliphatic hydroxyl groups excluding tert-OH is 1. The highest BCUT2D eigenvalue weighted by molar-refractivity contribution is 7.99. The van der Waals surface area contributed by atoms with E-state index < -0.39 is 0 Å². The summed E-state index contributed by atoms with van der Waals surface area (Å²) in [5.41, 5.74) is 0.720. The van der Waals surface area contributed by atoms with Crippen LogP contribution in [-0.2, 0) is 11.3 Å². The van der Waals surface area contributed by atoms with Crippen LogP contribution in [-0.4, -0.2) is 39.9 Å². The molecule has 3 rings (SSSR count). The quantitative estimate of drug-likeness (QED) is 0.928. The van der Waals surface area contributed by atoms with Crippen LogP contribution in [0, 0.1) is 0 Å². The first kappa shape index (κ1) is 14.2. The van der Waals surface area contributed by atoms with Gasteiger partial charge in [0, 0.05) is 12.8 Å². The highest BCUT2D eigenvalue weighted by atomic mass is 32.2. The Morgan fingerprint density at radius 2 is 2.25 bits per heavy atom. The molecule has 0 aliphatic carbocycles. The summed E-state index contributed by atoms with van der Waals surface area (Å²) in [6.45, 7) is 0.760. The van der Waals surface area contributed by atoms with E-state index in [9.17, 15) is 0 Å². The van der Waals surface area contributed by atoms with Gasteiger partial charge in [0.25, 0.3) is 0 Å². The smallest absolute Gasteiger partial charge is 0.138 e. The van der Waals surface area contributed by atoms with Gasteiger partial charge < -0.3 is 14.6 Å². The molecule has 1 aromatic heterocycles. The fourth-order valence-electron chi connectivity index (χ4n) is 2.94. The Morgan fingerprint density at radius 3 is 2.95 bits per heavy atom. The lowest BCUT2D eigenvalue weighted by molar-refractivity contribution is -0.116. The third-order valence-electron chi connectivity index (χ3n) is 4.11. The van der Waals surface area contributed by atoms with Crippen molar-refractivity contribution in [3.05, 3.63) is 24.0 Å². The summed E-state index contributed by atoms with van der Waals surface area (Å²) in [4.78, 5) is 4.16. The average molecular weight is 295 g/mol. The molecule has 0 bridgehead atoms. The Morgan fingerprint density at radius 1 is 1.40 bits per heavy atom. The van der Waals surface area contributed by atoms with E-state index in [0.29, 0.717) is 5.69 Å². The highest BCUT2D eigenvalue weighted by Gasteiger charge is 2.39. The van der Waals surface area contributed by atoms with Crippen molar-refractivity contribution in [2.24, 2.45) is 0 Å². The molecule has 1 atom stereocenters. The second-order valence-corrected chi connectivity index (χ2v) is 6.74. The van der Waals surface area contributed by atoms with Crippen molar-refractivity contribution in [3.63, 3.8) is 0 Å². The molecule has 110 valence electrons. The van der Waals surface area contributed by atoms with Crippen molar-refractivity contribution in [3.8, 4) is 5.75 Å². The standard InChI is InChI=1S/C15H21NO3S/c17-11-12-1-2-14(10-16-12)19-13-3-6-18-15(9-13)4-7-20-8-5-15/h1-2,10,13,17H,3-9,11H2. The minimum atomic E-state index is -0.0294. The Bertz CT molecular complexity index is 426. The largest absolute Gasteiger partial charge is 0.489 e. The molecular weight excluding hydrogens is 274 g/mol. The fraction of sp³-hybridized carbons (Fsp3) is 0.667. The lowest BCUT2D eigenvalue weighted by Crippen LogP contribution is -2.46. The lowest BCUT2D eigenvalue weighted by atomic mass is 9.86. The van der Waals surface area contributed by atoms with Gasteiger partial charge in [-0.1, -0.05) is 0 Å². The number of pyridine rings is 1. The molecule has 0 saturated carbocycles. The van der Waals surface area contributed by atoms with Gasteiger partial charge in [0.1, 0.15) is 11.9 Å². The summed E-state index contributed by atoms with van der Waals surface area (Å²) >= 11 is 2.02.